The highest BCUT2D eigenvalue weighted by molar-refractivity contribution is 6.30. The lowest BCUT2D eigenvalue weighted by molar-refractivity contribution is 0.0528. The Morgan fingerprint density at radius 1 is 1.24 bits per heavy atom. The van der Waals surface area contributed by atoms with Crippen molar-refractivity contribution in [3.8, 4) is 11.3 Å². The zero-order valence-electron chi connectivity index (χ0n) is 18.5. The molecule has 1 aromatic carbocycles. The molecular formula is C24H24ClN5O3. The fourth-order valence-corrected chi connectivity index (χ4v) is 4.41. The lowest BCUT2D eigenvalue weighted by atomic mass is 10.0. The van der Waals surface area contributed by atoms with Crippen molar-refractivity contribution in [3.05, 3.63) is 76.4 Å². The highest BCUT2D eigenvalue weighted by atomic mass is 35.5. The molecule has 1 atom stereocenters. The Hall–Kier alpha value is -3.39. The minimum Gasteiger partial charge on any atom is -0.443 e. The van der Waals surface area contributed by atoms with Crippen LogP contribution in [0.3, 0.4) is 0 Å². The van der Waals surface area contributed by atoms with E-state index in [1.807, 2.05) is 44.4 Å². The summed E-state index contributed by atoms with van der Waals surface area (Å²) in [5.41, 5.74) is 3.35. The number of piperidine rings is 1. The molecule has 9 heteroatoms. The number of hydrogen-bond donors (Lipinski definition) is 0. The average molecular weight is 466 g/mol. The second kappa shape index (κ2) is 8.86. The predicted molar refractivity (Wildman–Crippen MR) is 122 cm³/mol. The number of hydrogen-bond acceptors (Lipinski definition) is 6. The van der Waals surface area contributed by atoms with Gasteiger partial charge in [0.1, 0.15) is 17.5 Å². The molecule has 0 saturated carbocycles. The van der Waals surface area contributed by atoms with Crippen molar-refractivity contribution in [2.24, 2.45) is 7.05 Å². The van der Waals surface area contributed by atoms with Gasteiger partial charge in [-0.25, -0.2) is 4.98 Å². The van der Waals surface area contributed by atoms with Gasteiger partial charge in [0.25, 0.3) is 5.91 Å². The molecule has 4 heterocycles. The maximum atomic E-state index is 13.3. The molecule has 1 fully saturated rings. The predicted octanol–water partition coefficient (Wildman–Crippen LogP) is 4.98. The molecule has 0 spiro atoms. The van der Waals surface area contributed by atoms with E-state index in [1.54, 1.807) is 21.8 Å². The van der Waals surface area contributed by atoms with E-state index < -0.39 is 0 Å². The van der Waals surface area contributed by atoms with E-state index in [4.69, 9.17) is 20.5 Å². The molecule has 0 unspecified atom stereocenters. The molecule has 1 amide bonds. The topological polar surface area (TPSA) is 90.2 Å². The number of benzene rings is 1. The number of aryl methyl sites for hydroxylation is 2. The molecule has 1 aliphatic rings. The molecule has 0 N–H and O–H groups in total. The summed E-state index contributed by atoms with van der Waals surface area (Å²) in [6.07, 6.45) is 6.92. The molecule has 170 valence electrons. The quantitative estimate of drug-likeness (QED) is 0.412. The van der Waals surface area contributed by atoms with Gasteiger partial charge in [0.05, 0.1) is 11.9 Å². The summed E-state index contributed by atoms with van der Waals surface area (Å²) in [5.74, 6) is 1.29. The summed E-state index contributed by atoms with van der Waals surface area (Å²) in [6, 6.07) is 9.08. The van der Waals surface area contributed by atoms with E-state index in [0.29, 0.717) is 29.6 Å². The highest BCUT2D eigenvalue weighted by Gasteiger charge is 2.34. The lowest BCUT2D eigenvalue weighted by Crippen LogP contribution is -2.38. The Balaban J connectivity index is 1.35. The molecule has 8 nitrogen and oxygen atoms in total. The largest absolute Gasteiger partial charge is 0.443 e. The van der Waals surface area contributed by atoms with Crippen LogP contribution in [0.5, 0.6) is 0 Å². The third kappa shape index (κ3) is 4.43. The van der Waals surface area contributed by atoms with Gasteiger partial charge in [0.2, 0.25) is 11.7 Å². The second-order valence-corrected chi connectivity index (χ2v) is 8.79. The number of nitrogens with zero attached hydrogens (tertiary/aromatic N) is 5. The van der Waals surface area contributed by atoms with Crippen LogP contribution in [-0.4, -0.2) is 37.3 Å². The summed E-state index contributed by atoms with van der Waals surface area (Å²) in [7, 11) is 1.85. The first-order valence-corrected chi connectivity index (χ1v) is 11.3. The van der Waals surface area contributed by atoms with Crippen LogP contribution in [0.15, 0.2) is 51.7 Å². The van der Waals surface area contributed by atoms with Gasteiger partial charge in [-0.1, -0.05) is 28.9 Å². The first kappa shape index (κ1) is 21.5. The van der Waals surface area contributed by atoms with Gasteiger partial charge in [-0.05, 0) is 43.9 Å². The summed E-state index contributed by atoms with van der Waals surface area (Å²) < 4.78 is 13.2. The van der Waals surface area contributed by atoms with Gasteiger partial charge in [-0.15, -0.1) is 0 Å². The Bertz CT molecular complexity index is 1270. The van der Waals surface area contributed by atoms with Crippen molar-refractivity contribution in [2.75, 3.05) is 6.54 Å². The lowest BCUT2D eigenvalue weighted by Gasteiger charge is -2.32. The number of halogens is 1. The molecule has 0 bridgehead atoms. The van der Waals surface area contributed by atoms with Crippen molar-refractivity contribution in [1.82, 2.24) is 24.8 Å². The fraction of sp³-hybridized carbons (Fsp3) is 0.333. The Morgan fingerprint density at radius 2 is 2.06 bits per heavy atom. The van der Waals surface area contributed by atoms with Crippen LogP contribution >= 0.6 is 11.6 Å². The number of rotatable bonds is 5. The van der Waals surface area contributed by atoms with E-state index in [-0.39, 0.29) is 17.7 Å². The van der Waals surface area contributed by atoms with E-state index in [0.717, 1.165) is 41.8 Å². The maximum Gasteiger partial charge on any atom is 0.293 e. The minimum atomic E-state index is -0.237. The summed E-state index contributed by atoms with van der Waals surface area (Å²) in [4.78, 5) is 19.6. The molecular weight excluding hydrogens is 442 g/mol. The molecule has 1 saturated heterocycles. The number of aromatic nitrogens is 4. The highest BCUT2D eigenvalue weighted by Crippen LogP contribution is 2.33. The van der Waals surface area contributed by atoms with Crippen molar-refractivity contribution < 1.29 is 13.7 Å². The van der Waals surface area contributed by atoms with Gasteiger partial charge >= 0.3 is 0 Å². The molecule has 5 rings (SSSR count). The Morgan fingerprint density at radius 3 is 2.82 bits per heavy atom. The first-order chi connectivity index (χ1) is 16.0. The average Bonchev–Trinajstić information content (AvgIpc) is 3.55. The normalized spacial score (nSPS) is 16.3. The zero-order chi connectivity index (χ0) is 22.9. The van der Waals surface area contributed by atoms with Gasteiger partial charge < -0.3 is 13.8 Å². The number of carbonyl (C=O) groups excluding carboxylic acids is 1. The first-order valence-electron chi connectivity index (χ1n) is 11.0. The Kier molecular flexibility index (Phi) is 5.76. The van der Waals surface area contributed by atoms with Crippen molar-refractivity contribution >= 4 is 17.5 Å². The SMILES string of the molecule is Cc1nn(C)cc1-c1cc(C(=O)N2CCCC[C@H]2c2ncc(Cc3ccc(Cl)cc3)o2)on1. The number of likely N-dealkylation sites (tertiary alicyclic amines) is 1. The molecule has 0 radical (unpaired) electrons. The summed E-state index contributed by atoms with van der Waals surface area (Å²) in [6.45, 7) is 2.51. The van der Waals surface area contributed by atoms with E-state index in [9.17, 15) is 4.79 Å². The minimum absolute atomic E-state index is 0.202. The van der Waals surface area contributed by atoms with Crippen molar-refractivity contribution in [3.63, 3.8) is 0 Å². The van der Waals surface area contributed by atoms with Gasteiger partial charge in [-0.3, -0.25) is 9.48 Å². The molecule has 3 aromatic heterocycles. The maximum absolute atomic E-state index is 13.3. The van der Waals surface area contributed by atoms with Crippen LogP contribution < -0.4 is 0 Å². The van der Waals surface area contributed by atoms with E-state index >= 15 is 0 Å². The van der Waals surface area contributed by atoms with Crippen LogP contribution in [0, 0.1) is 6.92 Å². The van der Waals surface area contributed by atoms with Gasteiger partial charge in [0.15, 0.2) is 0 Å². The van der Waals surface area contributed by atoms with Crippen LogP contribution in [0.25, 0.3) is 11.3 Å². The van der Waals surface area contributed by atoms with Gasteiger partial charge in [0, 0.05) is 42.9 Å². The number of oxazole rings is 1. The second-order valence-electron chi connectivity index (χ2n) is 8.36. The third-order valence-corrected chi connectivity index (χ3v) is 6.17. The summed E-state index contributed by atoms with van der Waals surface area (Å²) in [5, 5.41) is 9.14. The monoisotopic (exact) mass is 465 g/mol. The standard InChI is InChI=1S/C24H24ClN5O3/c1-15-19(14-29(2)27-15)20-12-22(33-28-20)24(31)30-10-4-3-5-21(30)23-26-13-18(32-23)11-16-6-8-17(25)9-7-16/h6-9,12-14,21H,3-5,10-11H2,1-2H3/t21-/m0/s1. The summed E-state index contributed by atoms with van der Waals surface area (Å²) >= 11 is 5.97. The number of amides is 1. The van der Waals surface area contributed by atoms with Crippen LogP contribution in [0.4, 0.5) is 0 Å². The smallest absolute Gasteiger partial charge is 0.293 e. The third-order valence-electron chi connectivity index (χ3n) is 5.92. The van der Waals surface area contributed by atoms with Crippen molar-refractivity contribution in [2.45, 2.75) is 38.6 Å². The van der Waals surface area contributed by atoms with Crippen molar-refractivity contribution in [1.29, 1.82) is 0 Å². The fourth-order valence-electron chi connectivity index (χ4n) is 4.29. The van der Waals surface area contributed by atoms with Crippen LogP contribution in [0.2, 0.25) is 5.02 Å². The molecule has 33 heavy (non-hydrogen) atoms. The van der Waals surface area contributed by atoms with Crippen LogP contribution in [-0.2, 0) is 13.5 Å². The van der Waals surface area contributed by atoms with Crippen LogP contribution in [0.1, 0.15) is 58.8 Å². The Labute approximate surface area is 196 Å². The molecule has 1 aliphatic heterocycles. The molecule has 4 aromatic rings. The van der Waals surface area contributed by atoms with E-state index in [1.165, 1.54) is 0 Å². The molecule has 0 aliphatic carbocycles. The van der Waals surface area contributed by atoms with E-state index in [2.05, 4.69) is 15.2 Å². The zero-order valence-corrected chi connectivity index (χ0v) is 19.2. The number of carbonyl (C=O) groups is 1. The van der Waals surface area contributed by atoms with Gasteiger partial charge in [-0.2, -0.15) is 5.10 Å².